The first-order valence-electron chi connectivity index (χ1n) is 10.9. The summed E-state index contributed by atoms with van der Waals surface area (Å²) >= 11 is 3.96. The Morgan fingerprint density at radius 2 is 2.06 bits per heavy atom. The van der Waals surface area contributed by atoms with Gasteiger partial charge in [-0.1, -0.05) is 31.2 Å². The quantitative estimate of drug-likeness (QED) is 0.178. The molecule has 1 spiro atoms. The third-order valence-corrected chi connectivity index (χ3v) is 9.65. The molecule has 2 fully saturated rings. The Labute approximate surface area is 211 Å². The van der Waals surface area contributed by atoms with E-state index in [1.807, 2.05) is 16.2 Å². The highest BCUT2D eigenvalue weighted by Gasteiger charge is 2.47. The van der Waals surface area contributed by atoms with Crippen molar-refractivity contribution in [3.8, 4) is 28.4 Å². The molecular weight excluding hydrogens is 563 g/mol. The van der Waals surface area contributed by atoms with Crippen LogP contribution in [0.5, 0.6) is 0 Å². The van der Waals surface area contributed by atoms with Gasteiger partial charge in [-0.2, -0.15) is 5.10 Å². The van der Waals surface area contributed by atoms with Crippen LogP contribution in [-0.4, -0.2) is 44.5 Å². The summed E-state index contributed by atoms with van der Waals surface area (Å²) in [5, 5.41) is 22.9. The van der Waals surface area contributed by atoms with Gasteiger partial charge in [-0.25, -0.2) is 14.7 Å². The van der Waals surface area contributed by atoms with E-state index in [2.05, 4.69) is 83.7 Å². The van der Waals surface area contributed by atoms with E-state index in [0.717, 1.165) is 70.6 Å². The fourth-order valence-electron chi connectivity index (χ4n) is 5.30. The van der Waals surface area contributed by atoms with Crippen LogP contribution in [-0.2, 0) is 0 Å². The lowest BCUT2D eigenvalue weighted by Gasteiger charge is -2.53. The Kier molecular flexibility index (Phi) is 5.59. The monoisotopic (exact) mass is 583 g/mol. The van der Waals surface area contributed by atoms with Crippen molar-refractivity contribution in [3.05, 3.63) is 42.2 Å². The fourth-order valence-corrected chi connectivity index (χ4v) is 7.22. The second-order valence-electron chi connectivity index (χ2n) is 9.00. The van der Waals surface area contributed by atoms with Crippen molar-refractivity contribution in [3.63, 3.8) is 0 Å². The number of benzene rings is 1. The SMILES string of the molecule is N#CB1CCCC2(C1)CN(c1ccc(-c3ccc(-c4cnn(PI)c4)c4ncsc34)nn1)C2. The number of anilines is 1. The van der Waals surface area contributed by atoms with Crippen molar-refractivity contribution >= 4 is 62.5 Å². The van der Waals surface area contributed by atoms with Crippen molar-refractivity contribution < 1.29 is 0 Å². The van der Waals surface area contributed by atoms with Crippen LogP contribution in [0.4, 0.5) is 5.82 Å². The van der Waals surface area contributed by atoms with E-state index < -0.39 is 0 Å². The van der Waals surface area contributed by atoms with Crippen LogP contribution in [0.25, 0.3) is 32.6 Å². The molecule has 1 atom stereocenters. The molecule has 0 aliphatic carbocycles. The lowest BCUT2D eigenvalue weighted by molar-refractivity contribution is 0.209. The van der Waals surface area contributed by atoms with Gasteiger partial charge in [0, 0.05) is 47.4 Å². The van der Waals surface area contributed by atoms with Gasteiger partial charge in [-0.15, -0.1) is 21.5 Å². The molecule has 7 nitrogen and oxygen atoms in total. The number of hydrogen-bond acceptors (Lipinski definition) is 7. The van der Waals surface area contributed by atoms with Gasteiger partial charge >= 0.3 is 0 Å². The van der Waals surface area contributed by atoms with Crippen molar-refractivity contribution in [2.45, 2.75) is 25.5 Å². The summed E-state index contributed by atoms with van der Waals surface area (Å²) in [7, 11) is 0. The molecule has 0 amide bonds. The van der Waals surface area contributed by atoms with Gasteiger partial charge in [0.25, 0.3) is 6.71 Å². The molecule has 2 aliphatic heterocycles. The lowest BCUT2D eigenvalue weighted by atomic mass is 9.36. The minimum absolute atomic E-state index is 0.218. The summed E-state index contributed by atoms with van der Waals surface area (Å²) in [6, 6.07) is 8.37. The Bertz CT molecular complexity index is 1360. The van der Waals surface area contributed by atoms with Gasteiger partial charge < -0.3 is 4.90 Å². The zero-order valence-corrected chi connectivity index (χ0v) is 21.8. The summed E-state index contributed by atoms with van der Waals surface area (Å²) in [4.78, 5) is 6.95. The first-order chi connectivity index (χ1) is 16.2. The maximum atomic E-state index is 9.32. The molecule has 0 radical (unpaired) electrons. The molecule has 5 heterocycles. The molecule has 1 unspecified atom stereocenters. The molecule has 1 aromatic carbocycles. The number of nitrogens with zero attached hydrogens (tertiary/aromatic N) is 7. The lowest BCUT2D eigenvalue weighted by Crippen LogP contribution is -2.59. The van der Waals surface area contributed by atoms with Crippen LogP contribution in [0.3, 0.4) is 0 Å². The highest BCUT2D eigenvalue weighted by atomic mass is 127. The standard InChI is InChI=1S/C22H20BIN7PS/c24-32-31-9-15(8-27-31)16-2-3-17(21-20(16)26-14-33-21)18-4-5-19(29-28-18)30-11-22(12-30)6-1-7-23(10-22)13-25/h2-5,8-9,14,32H,1,6-7,10-12H2. The maximum absolute atomic E-state index is 9.32. The fraction of sp³-hybridized carbons (Fsp3) is 0.318. The average Bonchev–Trinajstić information content (AvgIpc) is 3.52. The molecule has 3 aromatic heterocycles. The molecule has 11 heteroatoms. The normalized spacial score (nSPS) is 17.7. The third-order valence-electron chi connectivity index (χ3n) is 6.89. The minimum Gasteiger partial charge on any atom is -0.354 e. The Hall–Kier alpha value is -2.09. The summed E-state index contributed by atoms with van der Waals surface area (Å²) in [5.74, 6) is 3.41. The molecule has 6 rings (SSSR count). The third kappa shape index (κ3) is 3.84. The van der Waals surface area contributed by atoms with Crippen LogP contribution in [0.15, 0.2) is 42.2 Å². The summed E-state index contributed by atoms with van der Waals surface area (Å²) in [6.45, 7) is 2.19. The Morgan fingerprint density at radius 3 is 2.82 bits per heavy atom. The van der Waals surface area contributed by atoms with Gasteiger partial charge in [0.05, 0.1) is 34.0 Å². The number of rotatable bonds is 4. The van der Waals surface area contributed by atoms with Gasteiger partial charge in [0.1, 0.15) is 0 Å². The zero-order valence-electron chi connectivity index (χ0n) is 17.8. The molecule has 164 valence electrons. The summed E-state index contributed by atoms with van der Waals surface area (Å²) in [6.07, 6.45) is 9.01. The van der Waals surface area contributed by atoms with E-state index in [4.69, 9.17) is 0 Å². The molecule has 33 heavy (non-hydrogen) atoms. The predicted octanol–water partition coefficient (Wildman–Crippen LogP) is 5.57. The Morgan fingerprint density at radius 1 is 1.18 bits per heavy atom. The average molecular weight is 583 g/mol. The number of aromatic nitrogens is 5. The van der Waals surface area contributed by atoms with E-state index >= 15 is 0 Å². The predicted molar refractivity (Wildman–Crippen MR) is 144 cm³/mol. The van der Waals surface area contributed by atoms with Crippen molar-refractivity contribution in [1.29, 1.82) is 5.26 Å². The van der Waals surface area contributed by atoms with E-state index in [9.17, 15) is 5.26 Å². The molecule has 0 bridgehead atoms. The zero-order chi connectivity index (χ0) is 22.4. The minimum atomic E-state index is 0.218. The van der Waals surface area contributed by atoms with Crippen molar-refractivity contribution in [2.75, 3.05) is 18.0 Å². The maximum Gasteiger partial charge on any atom is 0.268 e. The van der Waals surface area contributed by atoms with Gasteiger partial charge in [0.2, 0.25) is 0 Å². The van der Waals surface area contributed by atoms with Crippen molar-refractivity contribution in [2.24, 2.45) is 5.41 Å². The topological polar surface area (TPSA) is 83.5 Å². The highest BCUT2D eigenvalue weighted by Crippen LogP contribution is 2.46. The molecule has 2 saturated heterocycles. The number of nitriles is 1. The number of fused-ring (bicyclic) bond motifs is 1. The summed E-state index contributed by atoms with van der Waals surface area (Å²) < 4.78 is 3.06. The highest BCUT2D eigenvalue weighted by molar-refractivity contribution is 14.2. The molecular formula is C22H20BIN7PS. The first kappa shape index (κ1) is 21.4. The van der Waals surface area contributed by atoms with Crippen LogP contribution in [0, 0.1) is 16.6 Å². The molecule has 2 aliphatic rings. The van der Waals surface area contributed by atoms with Crippen LogP contribution >= 0.6 is 39.8 Å². The molecule has 4 aromatic rings. The summed E-state index contributed by atoms with van der Waals surface area (Å²) in [5.41, 5.74) is 7.26. The van der Waals surface area contributed by atoms with Crippen LogP contribution in [0.2, 0.25) is 12.6 Å². The second kappa shape index (κ2) is 8.60. The van der Waals surface area contributed by atoms with E-state index in [-0.39, 0.29) is 6.71 Å². The molecule has 0 saturated carbocycles. The number of hydrogen-bond donors (Lipinski definition) is 0. The van der Waals surface area contributed by atoms with Gasteiger partial charge in [-0.3, -0.25) is 0 Å². The largest absolute Gasteiger partial charge is 0.354 e. The van der Waals surface area contributed by atoms with Crippen molar-refractivity contribution in [1.82, 2.24) is 24.7 Å². The van der Waals surface area contributed by atoms with Gasteiger partial charge in [0.15, 0.2) is 5.82 Å². The Balaban J connectivity index is 1.24. The van der Waals surface area contributed by atoms with Crippen LogP contribution in [0.1, 0.15) is 12.8 Å². The van der Waals surface area contributed by atoms with E-state index in [1.54, 1.807) is 11.3 Å². The number of thiazole rings is 1. The molecule has 0 N–H and O–H groups in total. The van der Waals surface area contributed by atoms with E-state index in [1.165, 1.54) is 6.42 Å². The number of halogens is 1. The van der Waals surface area contributed by atoms with Crippen LogP contribution < -0.4 is 4.90 Å². The second-order valence-corrected chi connectivity index (χ2v) is 11.9. The smallest absolute Gasteiger partial charge is 0.268 e. The van der Waals surface area contributed by atoms with E-state index in [0.29, 0.717) is 11.8 Å². The first-order valence-corrected chi connectivity index (χ1v) is 15.9. The van der Waals surface area contributed by atoms with Gasteiger partial charge in [-0.05, 0) is 40.6 Å².